The molecule has 0 saturated carbocycles. The normalized spacial score (nSPS) is 28.2. The molecule has 2 saturated heterocycles. The summed E-state index contributed by atoms with van der Waals surface area (Å²) in [4.78, 5) is 14.3. The van der Waals surface area contributed by atoms with Gasteiger partial charge >= 0.3 is 0 Å². The minimum absolute atomic E-state index is 0.0352. The Labute approximate surface area is 153 Å². The van der Waals surface area contributed by atoms with Crippen LogP contribution in [-0.4, -0.2) is 78.8 Å². The molecule has 9 heteroatoms. The lowest BCUT2D eigenvalue weighted by Crippen LogP contribution is -2.62. The van der Waals surface area contributed by atoms with Crippen molar-refractivity contribution in [2.45, 2.75) is 24.9 Å². The first-order valence-corrected chi connectivity index (χ1v) is 10.8. The molecule has 0 bridgehead atoms. The van der Waals surface area contributed by atoms with E-state index in [1.54, 1.807) is 16.2 Å². The summed E-state index contributed by atoms with van der Waals surface area (Å²) in [6, 6.07) is 1.94. The van der Waals surface area contributed by atoms with Crippen molar-refractivity contribution in [3.8, 4) is 0 Å². The van der Waals surface area contributed by atoms with Crippen molar-refractivity contribution < 1.29 is 18.3 Å². The molecule has 0 radical (unpaired) electrons. The van der Waals surface area contributed by atoms with Crippen molar-refractivity contribution >= 4 is 27.5 Å². The quantitative estimate of drug-likeness (QED) is 0.810. The molecule has 3 heterocycles. The molecule has 25 heavy (non-hydrogen) atoms. The summed E-state index contributed by atoms with van der Waals surface area (Å²) < 4.78 is 27.4. The fourth-order valence-electron chi connectivity index (χ4n) is 3.62. The third-order valence-electron chi connectivity index (χ3n) is 5.31. The van der Waals surface area contributed by atoms with E-state index >= 15 is 0 Å². The molecule has 2 fully saturated rings. The number of thiophene rings is 1. The van der Waals surface area contributed by atoms with Gasteiger partial charge in [-0.2, -0.15) is 28.4 Å². The summed E-state index contributed by atoms with van der Waals surface area (Å²) in [5.41, 5.74) is 0.119. The van der Waals surface area contributed by atoms with Crippen LogP contribution in [0.4, 0.5) is 0 Å². The lowest BCUT2D eigenvalue weighted by atomic mass is 9.76. The second kappa shape index (κ2) is 6.96. The molecular weight excluding hydrogens is 362 g/mol. The molecule has 7 nitrogen and oxygen atoms in total. The van der Waals surface area contributed by atoms with Crippen LogP contribution < -0.4 is 0 Å². The number of aliphatic hydroxyl groups is 1. The molecule has 2 aliphatic rings. The van der Waals surface area contributed by atoms with E-state index in [9.17, 15) is 18.3 Å². The Morgan fingerprint density at radius 3 is 2.72 bits per heavy atom. The minimum Gasteiger partial charge on any atom is -0.389 e. The van der Waals surface area contributed by atoms with Crippen molar-refractivity contribution in [2.24, 2.45) is 5.92 Å². The highest BCUT2D eigenvalue weighted by Gasteiger charge is 2.48. The lowest BCUT2D eigenvalue weighted by Gasteiger charge is -2.50. The predicted molar refractivity (Wildman–Crippen MR) is 96.5 cm³/mol. The van der Waals surface area contributed by atoms with Crippen LogP contribution in [0.2, 0.25) is 0 Å². The fourth-order valence-corrected chi connectivity index (χ4v) is 5.44. The number of carbonyl (C=O) groups excluding carboxylic acids is 1. The highest BCUT2D eigenvalue weighted by atomic mass is 32.2. The maximum Gasteiger partial charge on any atom is 0.281 e. The molecule has 1 aromatic heterocycles. The van der Waals surface area contributed by atoms with E-state index in [-0.39, 0.29) is 18.4 Å². The van der Waals surface area contributed by atoms with Gasteiger partial charge in [0.05, 0.1) is 12.0 Å². The molecule has 140 valence electrons. The summed E-state index contributed by atoms with van der Waals surface area (Å²) >= 11 is 1.56. The van der Waals surface area contributed by atoms with Crippen molar-refractivity contribution in [3.05, 3.63) is 22.4 Å². The smallest absolute Gasteiger partial charge is 0.281 e. The summed E-state index contributed by atoms with van der Waals surface area (Å²) in [5.74, 6) is -0.218. The van der Waals surface area contributed by atoms with Crippen LogP contribution in [0.5, 0.6) is 0 Å². The molecule has 0 unspecified atom stereocenters. The van der Waals surface area contributed by atoms with Gasteiger partial charge in [0, 0.05) is 46.2 Å². The third-order valence-corrected chi connectivity index (χ3v) is 7.95. The Morgan fingerprint density at radius 2 is 2.08 bits per heavy atom. The van der Waals surface area contributed by atoms with E-state index in [0.29, 0.717) is 38.9 Å². The largest absolute Gasteiger partial charge is 0.389 e. The maximum absolute atomic E-state index is 12.5. The van der Waals surface area contributed by atoms with Crippen molar-refractivity contribution in [1.82, 2.24) is 13.5 Å². The molecule has 2 atom stereocenters. The number of amides is 1. The molecule has 1 N–H and O–H groups in total. The number of carbonyl (C=O) groups is 1. The first kappa shape index (κ1) is 18.8. The van der Waals surface area contributed by atoms with E-state index in [2.05, 4.69) is 0 Å². The van der Waals surface area contributed by atoms with Crippen LogP contribution in [0.15, 0.2) is 16.8 Å². The molecule has 1 aromatic rings. The highest BCUT2D eigenvalue weighted by molar-refractivity contribution is 7.86. The van der Waals surface area contributed by atoms with E-state index in [1.807, 2.05) is 16.8 Å². The van der Waals surface area contributed by atoms with Crippen molar-refractivity contribution in [3.63, 3.8) is 0 Å². The molecule has 0 aliphatic carbocycles. The molecular formula is C16H25N3O4S2. The van der Waals surface area contributed by atoms with Crippen LogP contribution in [-0.2, 0) is 21.4 Å². The zero-order valence-corrected chi connectivity index (χ0v) is 16.2. The van der Waals surface area contributed by atoms with Crippen LogP contribution in [0, 0.1) is 5.92 Å². The predicted octanol–water partition coefficient (Wildman–Crippen LogP) is 0.382. The number of piperidine rings is 2. The molecule has 0 aromatic carbocycles. The Kier molecular flexibility index (Phi) is 5.23. The van der Waals surface area contributed by atoms with Gasteiger partial charge in [-0.15, -0.1) is 0 Å². The van der Waals surface area contributed by atoms with Crippen molar-refractivity contribution in [2.75, 3.05) is 40.3 Å². The minimum atomic E-state index is -3.50. The summed E-state index contributed by atoms with van der Waals surface area (Å²) in [7, 11) is -0.487. The lowest BCUT2D eigenvalue weighted by molar-refractivity contribution is -0.143. The summed E-state index contributed by atoms with van der Waals surface area (Å²) in [6.45, 7) is 1.49. The average molecular weight is 388 g/mol. The van der Waals surface area contributed by atoms with Gasteiger partial charge in [-0.3, -0.25) is 4.79 Å². The Bertz CT molecular complexity index is 720. The molecule has 1 amide bonds. The van der Waals surface area contributed by atoms with Gasteiger partial charge in [0.1, 0.15) is 0 Å². The Hall–Kier alpha value is -1.000. The van der Waals surface area contributed by atoms with E-state index in [0.717, 1.165) is 5.56 Å². The zero-order valence-electron chi connectivity index (χ0n) is 14.6. The van der Waals surface area contributed by atoms with Crippen LogP contribution in [0.3, 0.4) is 0 Å². The highest BCUT2D eigenvalue weighted by Crippen LogP contribution is 2.36. The number of nitrogens with zero attached hydrogens (tertiary/aromatic N) is 3. The molecule has 3 rings (SSSR count). The number of hydrogen-bond acceptors (Lipinski definition) is 5. The van der Waals surface area contributed by atoms with Crippen LogP contribution in [0.1, 0.15) is 18.4 Å². The second-order valence-corrected chi connectivity index (χ2v) is 10.0. The average Bonchev–Trinajstić information content (AvgIpc) is 3.06. The first-order valence-electron chi connectivity index (χ1n) is 8.41. The zero-order chi connectivity index (χ0) is 18.2. The SMILES string of the molecule is CN(C)S(=O)(=O)N1CC[C@@]2(O)CCN(C(=O)Cc3ccsc3)C[C@H]2C1. The second-order valence-electron chi connectivity index (χ2n) is 7.10. The van der Waals surface area contributed by atoms with Gasteiger partial charge in [-0.1, -0.05) is 0 Å². The standard InChI is InChI=1S/C16H25N3O4S2/c1-17(2)25(22,23)19-7-5-16(21)4-6-18(10-14(16)11-19)15(20)9-13-3-8-24-12-13/h3,8,12,14,21H,4-7,9-11H2,1-2H3/t14-,16-/m0/s1. The van der Waals surface area contributed by atoms with Gasteiger partial charge < -0.3 is 10.0 Å². The number of hydrogen-bond donors (Lipinski definition) is 1. The third kappa shape index (κ3) is 3.75. The van der Waals surface area contributed by atoms with E-state index < -0.39 is 15.8 Å². The number of fused-ring (bicyclic) bond motifs is 1. The van der Waals surface area contributed by atoms with Gasteiger partial charge in [-0.05, 0) is 35.2 Å². The van der Waals surface area contributed by atoms with Gasteiger partial charge in [-0.25, -0.2) is 0 Å². The number of likely N-dealkylation sites (tertiary alicyclic amines) is 1. The molecule has 0 spiro atoms. The van der Waals surface area contributed by atoms with Gasteiger partial charge in [0.2, 0.25) is 5.91 Å². The Morgan fingerprint density at radius 1 is 1.36 bits per heavy atom. The monoisotopic (exact) mass is 387 g/mol. The van der Waals surface area contributed by atoms with Crippen LogP contribution >= 0.6 is 11.3 Å². The van der Waals surface area contributed by atoms with E-state index in [4.69, 9.17) is 0 Å². The van der Waals surface area contributed by atoms with E-state index in [1.165, 1.54) is 22.7 Å². The topological polar surface area (TPSA) is 81.2 Å². The summed E-state index contributed by atoms with van der Waals surface area (Å²) in [5, 5.41) is 14.8. The summed E-state index contributed by atoms with van der Waals surface area (Å²) in [6.07, 6.45) is 1.27. The first-order chi connectivity index (χ1) is 11.7. The van der Waals surface area contributed by atoms with Gasteiger partial charge in [0.15, 0.2) is 0 Å². The Balaban J connectivity index is 1.69. The fraction of sp³-hybridized carbons (Fsp3) is 0.688. The van der Waals surface area contributed by atoms with Crippen molar-refractivity contribution in [1.29, 1.82) is 0 Å². The molecule has 2 aliphatic heterocycles. The number of rotatable bonds is 4. The maximum atomic E-state index is 12.5. The van der Waals surface area contributed by atoms with Crippen LogP contribution in [0.25, 0.3) is 0 Å². The van der Waals surface area contributed by atoms with Gasteiger partial charge in [0.25, 0.3) is 10.2 Å².